The van der Waals surface area contributed by atoms with E-state index in [2.05, 4.69) is 10.0 Å². The summed E-state index contributed by atoms with van der Waals surface area (Å²) in [6.45, 7) is 2.08. The highest BCUT2D eigenvalue weighted by Crippen LogP contribution is 2.51. The molecule has 1 saturated carbocycles. The quantitative estimate of drug-likeness (QED) is 0.388. The molecule has 0 bridgehead atoms. The molecule has 2 atom stereocenters. The Balaban J connectivity index is 1.28. The predicted molar refractivity (Wildman–Crippen MR) is 135 cm³/mol. The fraction of sp³-hybridized carbons (Fsp3) is 0.296. The molecule has 1 aliphatic heterocycles. The molecule has 2 aliphatic rings. The first-order chi connectivity index (χ1) is 17.0. The van der Waals surface area contributed by atoms with E-state index in [0.29, 0.717) is 22.8 Å². The van der Waals surface area contributed by atoms with Crippen LogP contribution >= 0.6 is 0 Å². The number of hydrogen-bond acceptors (Lipinski definition) is 6. The van der Waals surface area contributed by atoms with Crippen molar-refractivity contribution in [3.8, 4) is 22.6 Å². The van der Waals surface area contributed by atoms with Gasteiger partial charge in [-0.25, -0.2) is 0 Å². The van der Waals surface area contributed by atoms with E-state index < -0.39 is 16.8 Å². The molecular formula is C27H28N2O5S. The van der Waals surface area contributed by atoms with E-state index in [0.717, 1.165) is 35.2 Å². The molecule has 0 aromatic heterocycles. The number of rotatable bonds is 9. The molecule has 1 aliphatic carbocycles. The summed E-state index contributed by atoms with van der Waals surface area (Å²) in [5.74, 6) is 1.37. The molecule has 0 radical (unpaired) electrons. The minimum absolute atomic E-state index is 0.0281. The number of aliphatic hydroxyl groups excluding tert-OH is 1. The average Bonchev–Trinajstić information content (AvgIpc) is 3.58. The number of benzene rings is 3. The van der Waals surface area contributed by atoms with Crippen LogP contribution in [0.1, 0.15) is 31.7 Å². The predicted octanol–water partition coefficient (Wildman–Crippen LogP) is 4.14. The van der Waals surface area contributed by atoms with Crippen LogP contribution in [0, 0.1) is 0 Å². The van der Waals surface area contributed by atoms with Crippen LogP contribution in [-0.2, 0) is 21.6 Å². The Morgan fingerprint density at radius 1 is 1.06 bits per heavy atom. The van der Waals surface area contributed by atoms with Crippen LogP contribution in [0.4, 0.5) is 5.69 Å². The smallest absolute Gasteiger partial charge is 0.235 e. The zero-order valence-electron chi connectivity index (χ0n) is 19.5. The normalized spacial score (nSPS) is 17.0. The average molecular weight is 493 g/mol. The second-order valence-corrected chi connectivity index (χ2v) is 10.1. The molecule has 3 N–H and O–H groups in total. The van der Waals surface area contributed by atoms with E-state index in [9.17, 15) is 14.5 Å². The van der Waals surface area contributed by atoms with Crippen LogP contribution in [0.25, 0.3) is 11.1 Å². The Kier molecular flexibility index (Phi) is 6.71. The minimum Gasteiger partial charge on any atom is -0.593 e. The van der Waals surface area contributed by atoms with Gasteiger partial charge < -0.3 is 24.4 Å². The summed E-state index contributed by atoms with van der Waals surface area (Å²) >= 11 is -1.40. The molecule has 0 spiro atoms. The largest absolute Gasteiger partial charge is 0.593 e. The van der Waals surface area contributed by atoms with Crippen LogP contribution < -0.4 is 19.5 Å². The van der Waals surface area contributed by atoms with Crippen LogP contribution in [0.15, 0.2) is 71.6 Å². The Bertz CT molecular complexity index is 1210. The summed E-state index contributed by atoms with van der Waals surface area (Å²) < 4.78 is 26.3. The number of hydrogen-bond donors (Lipinski definition) is 3. The maximum Gasteiger partial charge on any atom is 0.235 e. The molecule has 35 heavy (non-hydrogen) atoms. The van der Waals surface area contributed by atoms with Gasteiger partial charge in [0.1, 0.15) is 0 Å². The van der Waals surface area contributed by atoms with Crippen LogP contribution in [-0.4, -0.2) is 35.0 Å². The molecule has 182 valence electrons. The highest BCUT2D eigenvalue weighted by atomic mass is 32.2. The topological polar surface area (TPSA) is 103 Å². The summed E-state index contributed by atoms with van der Waals surface area (Å²) in [5.41, 5.74) is 3.03. The Labute approximate surface area is 207 Å². The number of aliphatic hydroxyl groups is 1. The van der Waals surface area contributed by atoms with Gasteiger partial charge >= 0.3 is 0 Å². The van der Waals surface area contributed by atoms with Crippen molar-refractivity contribution in [1.29, 1.82) is 0 Å². The van der Waals surface area contributed by atoms with Crippen molar-refractivity contribution < 1.29 is 23.9 Å². The first-order valence-corrected chi connectivity index (χ1v) is 12.9. The number of ether oxygens (including phenoxy) is 2. The second-order valence-electron chi connectivity index (χ2n) is 8.88. The van der Waals surface area contributed by atoms with E-state index in [-0.39, 0.29) is 25.3 Å². The molecule has 1 heterocycles. The Morgan fingerprint density at radius 3 is 2.54 bits per heavy atom. The van der Waals surface area contributed by atoms with Crippen LogP contribution in [0.3, 0.4) is 0 Å². The minimum atomic E-state index is -1.40. The highest BCUT2D eigenvalue weighted by molar-refractivity contribution is 7.89. The first-order valence-electron chi connectivity index (χ1n) is 11.7. The van der Waals surface area contributed by atoms with E-state index in [1.54, 1.807) is 0 Å². The summed E-state index contributed by atoms with van der Waals surface area (Å²) in [7, 11) is 0. The summed E-state index contributed by atoms with van der Waals surface area (Å²) in [5, 5.41) is 12.4. The van der Waals surface area contributed by atoms with E-state index in [4.69, 9.17) is 9.47 Å². The van der Waals surface area contributed by atoms with Crippen molar-refractivity contribution in [1.82, 2.24) is 4.72 Å². The number of nitrogens with one attached hydrogen (secondary N) is 2. The Hall–Kier alpha value is -3.04. The van der Waals surface area contributed by atoms with Crippen molar-refractivity contribution >= 4 is 23.0 Å². The fourth-order valence-corrected chi connectivity index (χ4v) is 5.30. The van der Waals surface area contributed by atoms with Gasteiger partial charge in [0.25, 0.3) is 0 Å². The third kappa shape index (κ3) is 4.88. The third-order valence-corrected chi connectivity index (χ3v) is 7.87. The molecular weight excluding hydrogens is 464 g/mol. The SMILES string of the molecule is CC[C@H](CO)N[S+]([O-])c1ccc(-c2cccc(NC(=O)C3(c4ccc5c(c4)OCO5)CC3)c2)cc1. The summed E-state index contributed by atoms with van der Waals surface area (Å²) in [4.78, 5) is 13.9. The van der Waals surface area contributed by atoms with Crippen LogP contribution in [0.2, 0.25) is 0 Å². The number of amides is 1. The molecule has 5 rings (SSSR count). The molecule has 1 unspecified atom stereocenters. The summed E-state index contributed by atoms with van der Waals surface area (Å²) in [6.07, 6.45) is 2.27. The highest BCUT2D eigenvalue weighted by Gasteiger charge is 2.51. The number of anilines is 1. The molecule has 0 saturated heterocycles. The second kappa shape index (κ2) is 9.91. The first kappa shape index (κ1) is 23.7. The monoisotopic (exact) mass is 492 g/mol. The van der Waals surface area contributed by atoms with Gasteiger partial charge in [0.15, 0.2) is 16.4 Å². The van der Waals surface area contributed by atoms with Crippen molar-refractivity contribution in [3.63, 3.8) is 0 Å². The molecule has 7 nitrogen and oxygen atoms in total. The van der Waals surface area contributed by atoms with Gasteiger partial charge in [0.2, 0.25) is 12.7 Å². The number of fused-ring (bicyclic) bond motifs is 1. The van der Waals surface area contributed by atoms with E-state index in [1.807, 2.05) is 73.7 Å². The van der Waals surface area contributed by atoms with E-state index in [1.165, 1.54) is 0 Å². The van der Waals surface area contributed by atoms with Gasteiger partial charge in [0.05, 0.1) is 29.4 Å². The standard InChI is InChI=1S/C27H28N2O5S/c1-2-21(16-30)29-35(32)23-9-6-18(7-10-23)19-4-3-5-22(14-19)28-26(31)27(12-13-27)20-8-11-24-25(15-20)34-17-33-24/h3-11,14-15,21,29-30H,2,12-13,16-17H2,1H3,(H,28,31)/t21-,35?/m1/s1. The molecule has 3 aromatic carbocycles. The van der Waals surface area contributed by atoms with Gasteiger partial charge in [-0.3, -0.25) is 4.79 Å². The van der Waals surface area contributed by atoms with Gasteiger partial charge in [-0.2, -0.15) is 0 Å². The lowest BCUT2D eigenvalue weighted by molar-refractivity contribution is -0.118. The maximum absolute atomic E-state index is 13.3. The zero-order valence-corrected chi connectivity index (χ0v) is 20.3. The van der Waals surface area contributed by atoms with Gasteiger partial charge in [0, 0.05) is 5.69 Å². The molecule has 3 aromatic rings. The maximum atomic E-state index is 13.3. The lowest BCUT2D eigenvalue weighted by atomic mass is 9.94. The lowest BCUT2D eigenvalue weighted by Gasteiger charge is -2.17. The van der Waals surface area contributed by atoms with Crippen molar-refractivity contribution in [2.75, 3.05) is 18.7 Å². The van der Waals surface area contributed by atoms with Crippen LogP contribution in [0.5, 0.6) is 11.5 Å². The fourth-order valence-electron chi connectivity index (χ4n) is 4.23. The molecule has 8 heteroatoms. The summed E-state index contributed by atoms with van der Waals surface area (Å²) in [6, 6.07) is 20.7. The Morgan fingerprint density at radius 2 is 1.83 bits per heavy atom. The number of carbonyl (C=O) groups excluding carboxylic acids is 1. The van der Waals surface area contributed by atoms with Crippen molar-refractivity contribution in [2.24, 2.45) is 0 Å². The third-order valence-electron chi connectivity index (χ3n) is 6.62. The van der Waals surface area contributed by atoms with E-state index >= 15 is 0 Å². The lowest BCUT2D eigenvalue weighted by Crippen LogP contribution is -2.36. The van der Waals surface area contributed by atoms with Gasteiger partial charge in [-0.15, -0.1) is 4.72 Å². The molecule has 1 fully saturated rings. The number of carbonyl (C=O) groups is 1. The molecule has 1 amide bonds. The van der Waals surface area contributed by atoms with Crippen molar-refractivity contribution in [2.45, 2.75) is 42.5 Å². The van der Waals surface area contributed by atoms with Crippen molar-refractivity contribution in [3.05, 3.63) is 72.3 Å². The van der Waals surface area contributed by atoms with Gasteiger partial charge in [-0.1, -0.05) is 25.1 Å². The van der Waals surface area contributed by atoms with Gasteiger partial charge in [-0.05, 0) is 84.5 Å². The zero-order chi connectivity index (χ0) is 24.4.